The van der Waals surface area contributed by atoms with Crippen molar-refractivity contribution >= 4 is 0 Å². The van der Waals surface area contributed by atoms with Crippen LogP contribution in [-0.4, -0.2) is 37.2 Å². The molecule has 1 unspecified atom stereocenters. The van der Waals surface area contributed by atoms with Gasteiger partial charge in [-0.3, -0.25) is 4.90 Å². The lowest BCUT2D eigenvalue weighted by Gasteiger charge is -2.25. The molecule has 18 heavy (non-hydrogen) atoms. The van der Waals surface area contributed by atoms with Crippen LogP contribution in [0, 0.1) is 0 Å². The van der Waals surface area contributed by atoms with Gasteiger partial charge in [-0.15, -0.1) is 0 Å². The van der Waals surface area contributed by atoms with E-state index >= 15 is 0 Å². The first-order valence-electron chi connectivity index (χ1n) is 6.96. The van der Waals surface area contributed by atoms with Crippen molar-refractivity contribution in [3.63, 3.8) is 0 Å². The maximum atomic E-state index is 5.73. The number of hydrogen-bond acceptors (Lipinski definition) is 3. The lowest BCUT2D eigenvalue weighted by molar-refractivity contribution is 0.0704. The van der Waals surface area contributed by atoms with E-state index in [1.54, 1.807) is 0 Å². The van der Waals surface area contributed by atoms with Crippen LogP contribution in [0.15, 0.2) is 30.3 Å². The van der Waals surface area contributed by atoms with Gasteiger partial charge in [0.15, 0.2) is 0 Å². The van der Waals surface area contributed by atoms with Crippen molar-refractivity contribution in [2.75, 3.05) is 26.2 Å². The summed E-state index contributed by atoms with van der Waals surface area (Å²) < 4.78 is 5.73. The monoisotopic (exact) mass is 248 g/mol. The Kier molecular flexibility index (Phi) is 5.65. The van der Waals surface area contributed by atoms with Crippen LogP contribution in [0.25, 0.3) is 0 Å². The molecular formula is C15H24N2O. The van der Waals surface area contributed by atoms with E-state index in [0.717, 1.165) is 39.2 Å². The molecule has 100 valence electrons. The third kappa shape index (κ3) is 4.41. The van der Waals surface area contributed by atoms with E-state index < -0.39 is 0 Å². The molecule has 0 amide bonds. The third-order valence-corrected chi connectivity index (χ3v) is 3.41. The summed E-state index contributed by atoms with van der Waals surface area (Å²) in [5.41, 5.74) is 6.99. The number of nitrogens with zero attached hydrogens (tertiary/aromatic N) is 1. The Morgan fingerprint density at radius 2 is 2.11 bits per heavy atom. The molecule has 1 aliphatic rings. The second-order valence-corrected chi connectivity index (χ2v) is 5.00. The average molecular weight is 248 g/mol. The number of nitrogens with two attached hydrogens (primary N) is 1. The highest BCUT2D eigenvalue weighted by Gasteiger charge is 2.18. The van der Waals surface area contributed by atoms with Crippen LogP contribution in [0.3, 0.4) is 0 Å². The van der Waals surface area contributed by atoms with Gasteiger partial charge in [-0.25, -0.2) is 0 Å². The predicted molar refractivity (Wildman–Crippen MR) is 74.4 cm³/mol. The molecular weight excluding hydrogens is 224 g/mol. The molecule has 1 saturated heterocycles. The van der Waals surface area contributed by atoms with Gasteiger partial charge < -0.3 is 10.5 Å². The fourth-order valence-corrected chi connectivity index (χ4v) is 2.47. The van der Waals surface area contributed by atoms with E-state index in [4.69, 9.17) is 10.5 Å². The van der Waals surface area contributed by atoms with Crippen LogP contribution in [0.4, 0.5) is 0 Å². The zero-order chi connectivity index (χ0) is 12.6. The van der Waals surface area contributed by atoms with E-state index in [2.05, 4.69) is 35.2 Å². The Morgan fingerprint density at radius 1 is 1.28 bits per heavy atom. The minimum atomic E-state index is 0.423. The lowest BCUT2D eigenvalue weighted by Crippen LogP contribution is -2.33. The molecule has 1 fully saturated rings. The largest absolute Gasteiger partial charge is 0.377 e. The lowest BCUT2D eigenvalue weighted by atomic mass is 10.1. The maximum absolute atomic E-state index is 5.73. The van der Waals surface area contributed by atoms with E-state index in [1.807, 2.05) is 0 Å². The summed E-state index contributed by atoms with van der Waals surface area (Å²) in [6, 6.07) is 10.6. The highest BCUT2D eigenvalue weighted by Crippen LogP contribution is 2.15. The molecule has 3 heteroatoms. The van der Waals surface area contributed by atoms with Crippen molar-refractivity contribution in [1.29, 1.82) is 0 Å². The molecule has 0 radical (unpaired) electrons. The first-order chi connectivity index (χ1) is 8.88. The summed E-state index contributed by atoms with van der Waals surface area (Å²) in [5.74, 6) is 0. The summed E-state index contributed by atoms with van der Waals surface area (Å²) in [6.07, 6.45) is 3.89. The van der Waals surface area contributed by atoms with Crippen LogP contribution in [0.1, 0.15) is 24.8 Å². The van der Waals surface area contributed by atoms with Crippen molar-refractivity contribution in [1.82, 2.24) is 4.90 Å². The number of rotatable bonds is 7. The fourth-order valence-electron chi connectivity index (χ4n) is 2.47. The Hall–Kier alpha value is -0.900. The molecule has 0 bridgehead atoms. The second-order valence-electron chi connectivity index (χ2n) is 5.00. The molecule has 0 spiro atoms. The van der Waals surface area contributed by atoms with Gasteiger partial charge in [-0.05, 0) is 37.9 Å². The van der Waals surface area contributed by atoms with Crippen molar-refractivity contribution < 1.29 is 4.74 Å². The molecule has 2 N–H and O–H groups in total. The first-order valence-corrected chi connectivity index (χ1v) is 6.96. The van der Waals surface area contributed by atoms with E-state index in [0.29, 0.717) is 6.10 Å². The molecule has 2 rings (SSSR count). The van der Waals surface area contributed by atoms with E-state index in [1.165, 1.54) is 18.4 Å². The minimum absolute atomic E-state index is 0.423. The number of ether oxygens (including phenoxy) is 1. The van der Waals surface area contributed by atoms with Crippen LogP contribution in [-0.2, 0) is 11.3 Å². The van der Waals surface area contributed by atoms with Gasteiger partial charge >= 0.3 is 0 Å². The Labute approximate surface area is 110 Å². The van der Waals surface area contributed by atoms with Gasteiger partial charge in [-0.2, -0.15) is 0 Å². The number of hydrogen-bond donors (Lipinski definition) is 1. The second kappa shape index (κ2) is 7.52. The summed E-state index contributed by atoms with van der Waals surface area (Å²) in [7, 11) is 0. The van der Waals surface area contributed by atoms with Crippen molar-refractivity contribution in [3.8, 4) is 0 Å². The normalized spacial score (nSPS) is 19.6. The van der Waals surface area contributed by atoms with Crippen LogP contribution in [0.5, 0.6) is 0 Å². The SMILES string of the molecule is NCCCN(Cc1ccccc1)CC1CCCO1. The molecule has 0 saturated carbocycles. The highest BCUT2D eigenvalue weighted by atomic mass is 16.5. The highest BCUT2D eigenvalue weighted by molar-refractivity contribution is 5.14. The average Bonchev–Trinajstić information content (AvgIpc) is 2.90. The van der Waals surface area contributed by atoms with Crippen LogP contribution < -0.4 is 5.73 Å². The Balaban J connectivity index is 1.87. The van der Waals surface area contributed by atoms with Gasteiger partial charge in [0, 0.05) is 19.7 Å². The number of benzene rings is 1. The zero-order valence-corrected chi connectivity index (χ0v) is 11.1. The van der Waals surface area contributed by atoms with Gasteiger partial charge in [0.2, 0.25) is 0 Å². The Bertz CT molecular complexity index is 323. The summed E-state index contributed by atoms with van der Waals surface area (Å²) >= 11 is 0. The van der Waals surface area contributed by atoms with E-state index in [9.17, 15) is 0 Å². The van der Waals surface area contributed by atoms with Gasteiger partial charge in [0.05, 0.1) is 6.10 Å². The molecule has 0 aromatic heterocycles. The van der Waals surface area contributed by atoms with Crippen LogP contribution in [0.2, 0.25) is 0 Å². The molecule has 1 aliphatic heterocycles. The molecule has 1 aromatic carbocycles. The molecule has 0 aliphatic carbocycles. The summed E-state index contributed by atoms with van der Waals surface area (Å²) in [4.78, 5) is 2.47. The summed E-state index contributed by atoms with van der Waals surface area (Å²) in [6.45, 7) is 4.79. The van der Waals surface area contributed by atoms with Crippen LogP contribution >= 0.6 is 0 Å². The Morgan fingerprint density at radius 3 is 2.78 bits per heavy atom. The van der Waals surface area contributed by atoms with Gasteiger partial charge in [0.1, 0.15) is 0 Å². The zero-order valence-electron chi connectivity index (χ0n) is 11.1. The molecule has 1 atom stereocenters. The standard InChI is InChI=1S/C15H24N2O/c16-9-5-10-17(13-15-8-4-11-18-15)12-14-6-2-1-3-7-14/h1-3,6-7,15H,4-5,8-13,16H2. The smallest absolute Gasteiger partial charge is 0.0702 e. The maximum Gasteiger partial charge on any atom is 0.0702 e. The molecule has 1 aromatic rings. The molecule has 3 nitrogen and oxygen atoms in total. The predicted octanol–water partition coefficient (Wildman–Crippen LogP) is 2.02. The van der Waals surface area contributed by atoms with Gasteiger partial charge in [0.25, 0.3) is 0 Å². The van der Waals surface area contributed by atoms with E-state index in [-0.39, 0.29) is 0 Å². The van der Waals surface area contributed by atoms with Crippen molar-refractivity contribution in [3.05, 3.63) is 35.9 Å². The summed E-state index contributed by atoms with van der Waals surface area (Å²) in [5, 5.41) is 0. The topological polar surface area (TPSA) is 38.5 Å². The van der Waals surface area contributed by atoms with Crippen molar-refractivity contribution in [2.45, 2.75) is 31.9 Å². The minimum Gasteiger partial charge on any atom is -0.377 e. The molecule has 1 heterocycles. The fraction of sp³-hybridized carbons (Fsp3) is 0.600. The first kappa shape index (κ1) is 13.5. The third-order valence-electron chi connectivity index (χ3n) is 3.41. The van der Waals surface area contributed by atoms with Gasteiger partial charge in [-0.1, -0.05) is 30.3 Å². The quantitative estimate of drug-likeness (QED) is 0.802. The van der Waals surface area contributed by atoms with Crippen molar-refractivity contribution in [2.24, 2.45) is 5.73 Å².